The van der Waals surface area contributed by atoms with E-state index in [1.54, 1.807) is 30.6 Å². The van der Waals surface area contributed by atoms with Crippen molar-refractivity contribution in [1.29, 1.82) is 0 Å². The molecule has 0 atom stereocenters. The number of H-pyrrole nitrogens is 1. The summed E-state index contributed by atoms with van der Waals surface area (Å²) < 4.78 is 10.8. The molecule has 0 spiro atoms. The van der Waals surface area contributed by atoms with Crippen molar-refractivity contribution >= 4 is 46.1 Å². The first kappa shape index (κ1) is 27.6. The molecule has 2 aromatic heterocycles. The number of likely N-dealkylation sites (N-methyl/N-ethyl adjacent to an activating group) is 2. The van der Waals surface area contributed by atoms with E-state index in [-0.39, 0.29) is 5.91 Å². The largest absolute Gasteiger partial charge is 0.495 e. The van der Waals surface area contributed by atoms with Crippen LogP contribution in [-0.4, -0.2) is 84.1 Å². The van der Waals surface area contributed by atoms with Gasteiger partial charge in [-0.15, -0.1) is 0 Å². The molecule has 10 nitrogen and oxygen atoms in total. The number of hydrogen-bond acceptors (Lipinski definition) is 8. The molecule has 0 aliphatic heterocycles. The van der Waals surface area contributed by atoms with E-state index in [2.05, 4.69) is 35.1 Å². The topological polar surface area (TPSA) is 108 Å². The lowest BCUT2D eigenvalue weighted by molar-refractivity contribution is 0.102. The molecule has 12 heteroatoms. The highest BCUT2D eigenvalue weighted by atomic mass is 35.5. The molecule has 0 bridgehead atoms. The lowest BCUT2D eigenvalue weighted by atomic mass is 9.99. The second-order valence-electron chi connectivity index (χ2n) is 8.95. The maximum Gasteiger partial charge on any atom is 0.260 e. The van der Waals surface area contributed by atoms with Crippen LogP contribution in [0.4, 0.5) is 5.95 Å². The molecule has 2 N–H and O–H groups in total. The lowest BCUT2D eigenvalue weighted by Crippen LogP contribution is -2.28. The highest BCUT2D eigenvalue weighted by Gasteiger charge is 2.23. The summed E-state index contributed by atoms with van der Waals surface area (Å²) in [4.78, 5) is 34.0. The molecule has 1 amide bonds. The van der Waals surface area contributed by atoms with Gasteiger partial charge in [0.25, 0.3) is 5.91 Å². The van der Waals surface area contributed by atoms with E-state index < -0.39 is 0 Å². The zero-order chi connectivity index (χ0) is 27.4. The number of amides is 1. The summed E-state index contributed by atoms with van der Waals surface area (Å²) in [6, 6.07) is 4.99. The molecule has 200 valence electrons. The van der Waals surface area contributed by atoms with Gasteiger partial charge in [-0.25, -0.2) is 4.98 Å². The van der Waals surface area contributed by atoms with Gasteiger partial charge in [-0.3, -0.25) is 25.0 Å². The Morgan fingerprint density at radius 3 is 2.26 bits per heavy atom. The SMILES string of the molecule is COc1cc(OC)c(Cl)c(-c2ccc(C(=O)Nc3ncc(CN(C)CCN(C)C)[nH]3)c3nccnc23)c1Cl. The highest BCUT2D eigenvalue weighted by molar-refractivity contribution is 6.41. The molecule has 0 aliphatic carbocycles. The average Bonchev–Trinajstić information content (AvgIpc) is 3.34. The highest BCUT2D eigenvalue weighted by Crippen LogP contribution is 2.47. The van der Waals surface area contributed by atoms with Crippen LogP contribution in [-0.2, 0) is 6.54 Å². The van der Waals surface area contributed by atoms with Gasteiger partial charge in [-0.05, 0) is 27.2 Å². The number of aromatic nitrogens is 4. The van der Waals surface area contributed by atoms with Crippen LogP contribution < -0.4 is 14.8 Å². The summed E-state index contributed by atoms with van der Waals surface area (Å²) in [6.45, 7) is 2.51. The fourth-order valence-corrected chi connectivity index (χ4v) is 4.69. The van der Waals surface area contributed by atoms with Crippen molar-refractivity contribution in [3.63, 3.8) is 0 Å². The third-order valence-electron chi connectivity index (χ3n) is 5.94. The number of nitrogens with one attached hydrogen (secondary N) is 2. The smallest absolute Gasteiger partial charge is 0.260 e. The molecular weight excluding hydrogens is 529 g/mol. The molecule has 2 aromatic carbocycles. The standard InChI is InChI=1S/C26H29Cl2N7O3/c1-34(2)10-11-35(3)14-15-13-31-26(32-15)33-25(36)17-7-6-16(23-24(17)30-9-8-29-23)20-21(27)18(37-4)12-19(38-5)22(20)28/h6-9,12-13H,10-11,14H2,1-5H3,(H2,31,32,33,36). The van der Waals surface area contributed by atoms with Crippen molar-refractivity contribution in [3.8, 4) is 22.6 Å². The summed E-state index contributed by atoms with van der Waals surface area (Å²) in [5.74, 6) is 0.741. The first-order valence-electron chi connectivity index (χ1n) is 11.8. The molecule has 0 radical (unpaired) electrons. The Kier molecular flexibility index (Phi) is 8.68. The predicted octanol–water partition coefficient (Wildman–Crippen LogP) is 4.59. The predicted molar refractivity (Wildman–Crippen MR) is 150 cm³/mol. The monoisotopic (exact) mass is 557 g/mol. The Morgan fingerprint density at radius 2 is 1.63 bits per heavy atom. The van der Waals surface area contributed by atoms with E-state index in [4.69, 9.17) is 32.7 Å². The Morgan fingerprint density at radius 1 is 0.974 bits per heavy atom. The third-order valence-corrected chi connectivity index (χ3v) is 6.69. The number of anilines is 1. The average molecular weight is 558 g/mol. The summed E-state index contributed by atoms with van der Waals surface area (Å²) in [7, 11) is 9.12. The summed E-state index contributed by atoms with van der Waals surface area (Å²) >= 11 is 13.3. The maximum absolute atomic E-state index is 13.3. The first-order valence-corrected chi connectivity index (χ1v) is 12.5. The van der Waals surface area contributed by atoms with E-state index in [9.17, 15) is 4.79 Å². The second-order valence-corrected chi connectivity index (χ2v) is 9.71. The number of ether oxygens (including phenoxy) is 2. The van der Waals surface area contributed by atoms with Gasteiger partial charge in [0.1, 0.15) is 17.0 Å². The molecule has 0 unspecified atom stereocenters. The van der Waals surface area contributed by atoms with Crippen molar-refractivity contribution in [1.82, 2.24) is 29.7 Å². The van der Waals surface area contributed by atoms with Crippen LogP contribution in [0.15, 0.2) is 36.8 Å². The number of aromatic amines is 1. The molecule has 4 aromatic rings. The van der Waals surface area contributed by atoms with Crippen LogP contribution in [0.5, 0.6) is 11.5 Å². The molecular formula is C26H29Cl2N7O3. The van der Waals surface area contributed by atoms with Crippen LogP contribution in [0.1, 0.15) is 16.1 Å². The van der Waals surface area contributed by atoms with Gasteiger partial charge in [0.2, 0.25) is 5.95 Å². The van der Waals surface area contributed by atoms with Crippen LogP contribution in [0.3, 0.4) is 0 Å². The molecule has 2 heterocycles. The Labute approximate surface area is 230 Å². The molecule has 0 fully saturated rings. The Bertz CT molecular complexity index is 1430. The van der Waals surface area contributed by atoms with E-state index >= 15 is 0 Å². The van der Waals surface area contributed by atoms with E-state index in [1.165, 1.54) is 20.4 Å². The lowest BCUT2D eigenvalue weighted by Gasteiger charge is -2.18. The zero-order valence-corrected chi connectivity index (χ0v) is 23.3. The fraction of sp³-hybridized carbons (Fsp3) is 0.308. The fourth-order valence-electron chi connectivity index (χ4n) is 3.98. The molecule has 0 saturated heterocycles. The van der Waals surface area contributed by atoms with Gasteiger partial charge in [0.15, 0.2) is 0 Å². The van der Waals surface area contributed by atoms with Gasteiger partial charge < -0.3 is 19.4 Å². The van der Waals surface area contributed by atoms with E-state index in [1.807, 2.05) is 21.1 Å². The minimum atomic E-state index is -0.385. The number of benzene rings is 2. The second kappa shape index (κ2) is 12.0. The van der Waals surface area contributed by atoms with Crippen molar-refractivity contribution in [2.45, 2.75) is 6.54 Å². The van der Waals surface area contributed by atoms with Crippen molar-refractivity contribution in [3.05, 3.63) is 58.1 Å². The van der Waals surface area contributed by atoms with Crippen molar-refractivity contribution in [2.24, 2.45) is 0 Å². The normalized spacial score (nSPS) is 11.4. The number of imidazole rings is 1. The number of halogens is 2. The van der Waals surface area contributed by atoms with Crippen LogP contribution in [0.2, 0.25) is 10.0 Å². The van der Waals surface area contributed by atoms with Gasteiger partial charge in [0.05, 0.1) is 47.2 Å². The minimum Gasteiger partial charge on any atom is -0.495 e. The Hall–Kier alpha value is -3.44. The van der Waals surface area contributed by atoms with Gasteiger partial charge in [-0.1, -0.05) is 29.3 Å². The number of carbonyl (C=O) groups is 1. The van der Waals surface area contributed by atoms with E-state index in [0.29, 0.717) is 61.8 Å². The number of nitrogens with zero attached hydrogens (tertiary/aromatic N) is 5. The number of hydrogen-bond donors (Lipinski definition) is 2. The minimum absolute atomic E-state index is 0.293. The summed E-state index contributed by atoms with van der Waals surface area (Å²) in [6.07, 6.45) is 4.77. The number of carbonyl (C=O) groups excluding carboxylic acids is 1. The molecule has 4 rings (SSSR count). The van der Waals surface area contributed by atoms with Gasteiger partial charge in [-0.2, -0.15) is 0 Å². The molecule has 38 heavy (non-hydrogen) atoms. The van der Waals surface area contributed by atoms with Crippen LogP contribution in [0.25, 0.3) is 22.2 Å². The van der Waals surface area contributed by atoms with Crippen LogP contribution >= 0.6 is 23.2 Å². The third kappa shape index (κ3) is 5.83. The summed E-state index contributed by atoms with van der Waals surface area (Å²) in [5.41, 5.74) is 3.08. The number of rotatable bonds is 10. The number of methoxy groups -OCH3 is 2. The van der Waals surface area contributed by atoms with Crippen molar-refractivity contribution < 1.29 is 14.3 Å². The zero-order valence-electron chi connectivity index (χ0n) is 21.8. The van der Waals surface area contributed by atoms with Gasteiger partial charge in [0, 0.05) is 49.2 Å². The summed E-state index contributed by atoms with van der Waals surface area (Å²) in [5, 5.41) is 3.41. The quantitative estimate of drug-likeness (QED) is 0.291. The van der Waals surface area contributed by atoms with E-state index in [0.717, 1.165) is 18.8 Å². The van der Waals surface area contributed by atoms with Crippen LogP contribution in [0, 0.1) is 0 Å². The van der Waals surface area contributed by atoms with Crippen molar-refractivity contribution in [2.75, 3.05) is 53.8 Å². The number of fused-ring (bicyclic) bond motifs is 1. The Balaban J connectivity index is 1.64. The molecule has 0 saturated carbocycles. The molecule has 0 aliphatic rings. The maximum atomic E-state index is 13.3. The van der Waals surface area contributed by atoms with Gasteiger partial charge >= 0.3 is 0 Å². The first-order chi connectivity index (χ1) is 18.2.